The second-order valence-corrected chi connectivity index (χ2v) is 4.35. The molecule has 1 atom stereocenters. The second kappa shape index (κ2) is 4.31. The summed E-state index contributed by atoms with van der Waals surface area (Å²) in [6.45, 7) is 3.31. The largest absolute Gasteiger partial charge is 0.299 e. The lowest BCUT2D eigenvalue weighted by molar-refractivity contribution is -0.158. The van der Waals surface area contributed by atoms with Crippen molar-refractivity contribution in [2.75, 3.05) is 0 Å². The van der Waals surface area contributed by atoms with Gasteiger partial charge in [0.25, 0.3) is 0 Å². The SMILES string of the molecule is CC(=O)C1CCC(=O)C(C(C)=O)(C(C)=O)C1=O. The highest BCUT2D eigenvalue weighted by atomic mass is 16.2. The van der Waals surface area contributed by atoms with Crippen molar-refractivity contribution in [3.05, 3.63) is 0 Å². The van der Waals surface area contributed by atoms with Crippen LogP contribution >= 0.6 is 0 Å². The van der Waals surface area contributed by atoms with Gasteiger partial charge in [-0.3, -0.25) is 24.0 Å². The van der Waals surface area contributed by atoms with Crippen molar-refractivity contribution < 1.29 is 24.0 Å². The molecule has 0 heterocycles. The number of ketones is 5. The smallest absolute Gasteiger partial charge is 0.203 e. The van der Waals surface area contributed by atoms with Crippen LogP contribution in [0.1, 0.15) is 33.6 Å². The molecule has 17 heavy (non-hydrogen) atoms. The first kappa shape index (κ1) is 13.4. The molecule has 1 unspecified atom stereocenters. The summed E-state index contributed by atoms with van der Waals surface area (Å²) in [4.78, 5) is 58.4. The molecule has 0 saturated heterocycles. The van der Waals surface area contributed by atoms with E-state index in [1.165, 1.54) is 6.92 Å². The number of Topliss-reactive ketones (excluding diaryl/α,β-unsaturated/α-hetero) is 5. The van der Waals surface area contributed by atoms with Crippen LogP contribution < -0.4 is 0 Å². The first-order chi connectivity index (χ1) is 7.76. The van der Waals surface area contributed by atoms with E-state index in [4.69, 9.17) is 0 Å². The molecule has 0 aromatic rings. The van der Waals surface area contributed by atoms with E-state index in [2.05, 4.69) is 0 Å². The summed E-state index contributed by atoms with van der Waals surface area (Å²) in [6, 6.07) is 0. The van der Waals surface area contributed by atoms with E-state index in [0.29, 0.717) is 0 Å². The van der Waals surface area contributed by atoms with Gasteiger partial charge in [-0.05, 0) is 27.2 Å². The monoisotopic (exact) mass is 238 g/mol. The molecule has 0 spiro atoms. The maximum atomic E-state index is 12.1. The van der Waals surface area contributed by atoms with Gasteiger partial charge in [0.1, 0.15) is 5.78 Å². The summed E-state index contributed by atoms with van der Waals surface area (Å²) in [7, 11) is 0. The van der Waals surface area contributed by atoms with E-state index in [1.807, 2.05) is 0 Å². The van der Waals surface area contributed by atoms with Crippen molar-refractivity contribution >= 4 is 28.9 Å². The van der Waals surface area contributed by atoms with Gasteiger partial charge in [0, 0.05) is 6.42 Å². The highest BCUT2D eigenvalue weighted by Gasteiger charge is 2.58. The average Bonchev–Trinajstić information content (AvgIpc) is 2.16. The molecule has 5 heteroatoms. The van der Waals surface area contributed by atoms with Gasteiger partial charge < -0.3 is 0 Å². The Morgan fingerprint density at radius 3 is 1.88 bits per heavy atom. The molecule has 0 aromatic carbocycles. The zero-order valence-electron chi connectivity index (χ0n) is 10.0. The summed E-state index contributed by atoms with van der Waals surface area (Å²) >= 11 is 0. The van der Waals surface area contributed by atoms with Crippen molar-refractivity contribution in [1.29, 1.82) is 0 Å². The van der Waals surface area contributed by atoms with Crippen LogP contribution in [0.15, 0.2) is 0 Å². The van der Waals surface area contributed by atoms with Crippen LogP contribution in [0.2, 0.25) is 0 Å². The normalized spacial score (nSPS) is 23.4. The molecule has 0 radical (unpaired) electrons. The Morgan fingerprint density at radius 2 is 1.53 bits per heavy atom. The number of rotatable bonds is 3. The minimum Gasteiger partial charge on any atom is -0.299 e. The van der Waals surface area contributed by atoms with E-state index in [1.54, 1.807) is 0 Å². The summed E-state index contributed by atoms with van der Waals surface area (Å²) in [5.41, 5.74) is -2.23. The molecule has 1 saturated carbocycles. The number of carbonyl (C=O) groups is 5. The summed E-state index contributed by atoms with van der Waals surface area (Å²) < 4.78 is 0. The molecule has 0 amide bonds. The Hall–Kier alpha value is -1.65. The van der Waals surface area contributed by atoms with Crippen molar-refractivity contribution in [3.63, 3.8) is 0 Å². The molecular formula is C12H14O5. The molecule has 1 aliphatic carbocycles. The van der Waals surface area contributed by atoms with Crippen molar-refractivity contribution in [3.8, 4) is 0 Å². The number of hydrogen-bond acceptors (Lipinski definition) is 5. The zero-order chi connectivity index (χ0) is 13.4. The summed E-state index contributed by atoms with van der Waals surface area (Å²) in [6.07, 6.45) is 0.00442. The molecule has 0 N–H and O–H groups in total. The summed E-state index contributed by atoms with van der Waals surface area (Å²) in [5.74, 6) is -4.52. The fraction of sp³-hybridized carbons (Fsp3) is 0.583. The van der Waals surface area contributed by atoms with Crippen LogP contribution in [0.5, 0.6) is 0 Å². The van der Waals surface area contributed by atoms with Gasteiger partial charge in [-0.2, -0.15) is 0 Å². The molecule has 1 rings (SSSR count). The van der Waals surface area contributed by atoms with E-state index in [9.17, 15) is 24.0 Å². The third-order valence-corrected chi connectivity index (χ3v) is 3.31. The Morgan fingerprint density at radius 1 is 1.06 bits per heavy atom. The van der Waals surface area contributed by atoms with Gasteiger partial charge in [-0.25, -0.2) is 0 Å². The van der Waals surface area contributed by atoms with E-state index in [0.717, 1.165) is 13.8 Å². The zero-order valence-corrected chi connectivity index (χ0v) is 10.0. The Bertz CT molecular complexity index is 418. The lowest BCUT2D eigenvalue weighted by Gasteiger charge is -2.33. The number of hydrogen-bond donors (Lipinski definition) is 0. The van der Waals surface area contributed by atoms with Crippen LogP contribution in [0, 0.1) is 11.3 Å². The standard InChI is InChI=1S/C12H14O5/c1-6(13)9-4-5-10(16)12(7(2)14,8(3)15)11(9)17/h9H,4-5H2,1-3H3. The Labute approximate surface area is 98.6 Å². The third kappa shape index (κ3) is 1.75. The molecule has 0 aliphatic heterocycles. The van der Waals surface area contributed by atoms with Gasteiger partial charge in [-0.1, -0.05) is 0 Å². The van der Waals surface area contributed by atoms with Gasteiger partial charge in [-0.15, -0.1) is 0 Å². The molecule has 92 valence electrons. The van der Waals surface area contributed by atoms with Crippen LogP contribution in [-0.4, -0.2) is 28.9 Å². The van der Waals surface area contributed by atoms with Crippen molar-refractivity contribution in [1.82, 2.24) is 0 Å². The average molecular weight is 238 g/mol. The van der Waals surface area contributed by atoms with Crippen molar-refractivity contribution in [2.24, 2.45) is 11.3 Å². The highest BCUT2D eigenvalue weighted by Crippen LogP contribution is 2.35. The maximum Gasteiger partial charge on any atom is 0.203 e. The van der Waals surface area contributed by atoms with Crippen LogP contribution in [0.4, 0.5) is 0 Å². The van der Waals surface area contributed by atoms with Crippen molar-refractivity contribution in [2.45, 2.75) is 33.6 Å². The maximum absolute atomic E-state index is 12.1. The third-order valence-electron chi connectivity index (χ3n) is 3.31. The molecule has 1 aliphatic rings. The Kier molecular flexibility index (Phi) is 3.40. The first-order valence-electron chi connectivity index (χ1n) is 5.36. The van der Waals surface area contributed by atoms with Gasteiger partial charge in [0.2, 0.25) is 5.41 Å². The van der Waals surface area contributed by atoms with Gasteiger partial charge in [0.05, 0.1) is 5.92 Å². The molecular weight excluding hydrogens is 224 g/mol. The Balaban J connectivity index is 3.39. The van der Waals surface area contributed by atoms with Gasteiger partial charge in [0.15, 0.2) is 23.1 Å². The van der Waals surface area contributed by atoms with Crippen LogP contribution in [0.3, 0.4) is 0 Å². The lowest BCUT2D eigenvalue weighted by atomic mass is 9.63. The van der Waals surface area contributed by atoms with E-state index < -0.39 is 40.2 Å². The molecule has 5 nitrogen and oxygen atoms in total. The minimum atomic E-state index is -2.23. The fourth-order valence-electron chi connectivity index (χ4n) is 2.37. The van der Waals surface area contributed by atoms with Crippen LogP contribution in [-0.2, 0) is 24.0 Å². The minimum absolute atomic E-state index is 0.0881. The topological polar surface area (TPSA) is 85.3 Å². The quantitative estimate of drug-likeness (QED) is 0.659. The van der Waals surface area contributed by atoms with Crippen LogP contribution in [0.25, 0.3) is 0 Å². The molecule has 1 fully saturated rings. The highest BCUT2D eigenvalue weighted by molar-refractivity contribution is 6.40. The van der Waals surface area contributed by atoms with E-state index in [-0.39, 0.29) is 12.8 Å². The predicted octanol–water partition coefficient (Wildman–Crippen LogP) is 0.288. The molecule has 0 aromatic heterocycles. The van der Waals surface area contributed by atoms with Gasteiger partial charge >= 0.3 is 0 Å². The fourth-order valence-corrected chi connectivity index (χ4v) is 2.37. The van der Waals surface area contributed by atoms with E-state index >= 15 is 0 Å². The number of carbonyl (C=O) groups excluding carboxylic acids is 5. The first-order valence-corrected chi connectivity index (χ1v) is 5.36. The lowest BCUT2D eigenvalue weighted by Crippen LogP contribution is -2.56. The molecule has 0 bridgehead atoms. The predicted molar refractivity (Wildman–Crippen MR) is 57.2 cm³/mol. The summed E-state index contributed by atoms with van der Waals surface area (Å²) in [5, 5.41) is 0. The second-order valence-electron chi connectivity index (χ2n) is 4.35.